The van der Waals surface area contributed by atoms with E-state index in [1.165, 1.54) is 0 Å². The number of likely N-dealkylation sites (tertiary alicyclic amines) is 1. The number of carbonyl (C=O) groups excluding carboxylic acids is 2. The molecule has 2 aromatic rings. The van der Waals surface area contributed by atoms with Crippen LogP contribution in [0, 0.1) is 0 Å². The summed E-state index contributed by atoms with van der Waals surface area (Å²) in [6, 6.07) is 5.48. The lowest BCUT2D eigenvalue weighted by Crippen LogP contribution is -2.58. The Morgan fingerprint density at radius 3 is 2.88 bits per heavy atom. The van der Waals surface area contributed by atoms with E-state index in [2.05, 4.69) is 10.3 Å². The van der Waals surface area contributed by atoms with Crippen LogP contribution in [-0.2, 0) is 16.1 Å². The third-order valence-corrected chi connectivity index (χ3v) is 5.17. The van der Waals surface area contributed by atoms with E-state index in [1.807, 2.05) is 18.2 Å². The SMILES string of the molecule is O=C(NCc1ccc2[nH]cc(Cl)c2c1)C1CCN1C(=O)CCCCCO. The van der Waals surface area contributed by atoms with Crippen molar-refractivity contribution in [1.29, 1.82) is 0 Å². The van der Waals surface area contributed by atoms with Crippen LogP contribution >= 0.6 is 11.6 Å². The summed E-state index contributed by atoms with van der Waals surface area (Å²) in [4.78, 5) is 29.3. The summed E-state index contributed by atoms with van der Waals surface area (Å²) in [7, 11) is 0. The van der Waals surface area contributed by atoms with Crippen molar-refractivity contribution in [3.05, 3.63) is 35.0 Å². The third-order valence-electron chi connectivity index (χ3n) is 4.85. The van der Waals surface area contributed by atoms with E-state index in [0.717, 1.165) is 29.3 Å². The Labute approximate surface area is 157 Å². The zero-order valence-electron chi connectivity index (χ0n) is 14.6. The van der Waals surface area contributed by atoms with Gasteiger partial charge < -0.3 is 20.3 Å². The van der Waals surface area contributed by atoms with Crippen LogP contribution in [0.4, 0.5) is 0 Å². The summed E-state index contributed by atoms with van der Waals surface area (Å²) < 4.78 is 0. The molecule has 0 aliphatic carbocycles. The fourth-order valence-electron chi connectivity index (χ4n) is 3.22. The Hall–Kier alpha value is -2.05. The molecule has 1 aromatic carbocycles. The minimum absolute atomic E-state index is 0.0230. The van der Waals surface area contributed by atoms with Crippen molar-refractivity contribution >= 4 is 34.3 Å². The Bertz CT molecular complexity index is 789. The first kappa shape index (κ1) is 18.7. The molecular formula is C19H24ClN3O3. The van der Waals surface area contributed by atoms with Crippen molar-refractivity contribution in [2.24, 2.45) is 0 Å². The molecule has 0 spiro atoms. The topological polar surface area (TPSA) is 85.4 Å². The van der Waals surface area contributed by atoms with Gasteiger partial charge in [0.25, 0.3) is 0 Å². The van der Waals surface area contributed by atoms with Crippen molar-refractivity contribution in [2.75, 3.05) is 13.2 Å². The molecule has 7 heteroatoms. The summed E-state index contributed by atoms with van der Waals surface area (Å²) in [5.41, 5.74) is 1.93. The van der Waals surface area contributed by atoms with Crippen molar-refractivity contribution < 1.29 is 14.7 Å². The lowest BCUT2D eigenvalue weighted by molar-refractivity contribution is -0.147. The number of rotatable bonds is 8. The number of aliphatic hydroxyl groups excluding tert-OH is 1. The number of benzene rings is 1. The predicted molar refractivity (Wildman–Crippen MR) is 101 cm³/mol. The number of unbranched alkanes of at least 4 members (excludes halogenated alkanes) is 2. The molecular weight excluding hydrogens is 354 g/mol. The second-order valence-electron chi connectivity index (χ2n) is 6.66. The first-order chi connectivity index (χ1) is 12.6. The number of hydrogen-bond donors (Lipinski definition) is 3. The van der Waals surface area contributed by atoms with E-state index < -0.39 is 0 Å². The fraction of sp³-hybridized carbons (Fsp3) is 0.474. The van der Waals surface area contributed by atoms with Crippen LogP contribution < -0.4 is 5.32 Å². The number of nitrogens with zero attached hydrogens (tertiary/aromatic N) is 1. The van der Waals surface area contributed by atoms with Gasteiger partial charge in [-0.25, -0.2) is 0 Å². The number of halogens is 1. The van der Waals surface area contributed by atoms with Gasteiger partial charge in [-0.2, -0.15) is 0 Å². The molecule has 1 fully saturated rings. The van der Waals surface area contributed by atoms with Gasteiger partial charge >= 0.3 is 0 Å². The first-order valence-corrected chi connectivity index (χ1v) is 9.41. The van der Waals surface area contributed by atoms with Crippen LogP contribution in [0.3, 0.4) is 0 Å². The van der Waals surface area contributed by atoms with E-state index in [9.17, 15) is 9.59 Å². The van der Waals surface area contributed by atoms with Crippen molar-refractivity contribution in [3.8, 4) is 0 Å². The molecule has 0 saturated carbocycles. The Kier molecular flexibility index (Phi) is 6.16. The van der Waals surface area contributed by atoms with Crippen molar-refractivity contribution in [3.63, 3.8) is 0 Å². The number of aromatic nitrogens is 1. The highest BCUT2D eigenvalue weighted by atomic mass is 35.5. The van der Waals surface area contributed by atoms with Gasteiger partial charge in [0.2, 0.25) is 11.8 Å². The van der Waals surface area contributed by atoms with Gasteiger partial charge in [0, 0.05) is 43.2 Å². The molecule has 1 aromatic heterocycles. The third kappa shape index (κ3) is 4.19. The molecule has 3 rings (SSSR count). The maximum atomic E-state index is 12.4. The lowest BCUT2D eigenvalue weighted by Gasteiger charge is -2.39. The minimum atomic E-state index is -0.361. The molecule has 1 unspecified atom stereocenters. The number of nitrogens with one attached hydrogen (secondary N) is 2. The molecule has 1 aliphatic rings. The number of H-pyrrole nitrogens is 1. The average Bonchev–Trinajstić information content (AvgIpc) is 2.97. The largest absolute Gasteiger partial charge is 0.396 e. The van der Waals surface area contributed by atoms with E-state index in [4.69, 9.17) is 16.7 Å². The smallest absolute Gasteiger partial charge is 0.243 e. The summed E-state index contributed by atoms with van der Waals surface area (Å²) >= 11 is 6.13. The minimum Gasteiger partial charge on any atom is -0.396 e. The Morgan fingerprint density at radius 2 is 2.15 bits per heavy atom. The molecule has 0 bridgehead atoms. The van der Waals surface area contributed by atoms with Crippen LogP contribution in [-0.4, -0.2) is 46.0 Å². The van der Waals surface area contributed by atoms with Gasteiger partial charge in [0.1, 0.15) is 6.04 Å². The molecule has 26 heavy (non-hydrogen) atoms. The lowest BCUT2D eigenvalue weighted by atomic mass is 10.0. The van der Waals surface area contributed by atoms with Gasteiger partial charge in [-0.1, -0.05) is 24.1 Å². The highest BCUT2D eigenvalue weighted by molar-refractivity contribution is 6.35. The average molecular weight is 378 g/mol. The second-order valence-corrected chi connectivity index (χ2v) is 7.07. The van der Waals surface area contributed by atoms with Crippen LogP contribution in [0.15, 0.2) is 24.4 Å². The summed E-state index contributed by atoms with van der Waals surface area (Å²) in [5.74, 6) is -0.0879. The molecule has 0 radical (unpaired) electrons. The molecule has 2 amide bonds. The van der Waals surface area contributed by atoms with Crippen molar-refractivity contribution in [1.82, 2.24) is 15.2 Å². The second kappa shape index (κ2) is 8.56. The van der Waals surface area contributed by atoms with Crippen molar-refractivity contribution in [2.45, 2.75) is 44.7 Å². The Morgan fingerprint density at radius 1 is 1.31 bits per heavy atom. The van der Waals surface area contributed by atoms with Gasteiger partial charge in [0.15, 0.2) is 0 Å². The van der Waals surface area contributed by atoms with Crippen LogP contribution in [0.2, 0.25) is 5.02 Å². The molecule has 140 valence electrons. The molecule has 1 atom stereocenters. The van der Waals surface area contributed by atoms with E-state index in [1.54, 1.807) is 11.1 Å². The first-order valence-electron chi connectivity index (χ1n) is 9.03. The van der Waals surface area contributed by atoms with E-state index in [-0.39, 0.29) is 24.5 Å². The van der Waals surface area contributed by atoms with Gasteiger partial charge in [0.05, 0.1) is 5.02 Å². The number of aliphatic hydroxyl groups is 1. The summed E-state index contributed by atoms with van der Waals surface area (Å²) in [6.07, 6.45) is 5.18. The quantitative estimate of drug-likeness (QED) is 0.618. The fourth-order valence-corrected chi connectivity index (χ4v) is 3.43. The van der Waals surface area contributed by atoms with Crippen LogP contribution in [0.5, 0.6) is 0 Å². The number of aromatic amines is 1. The number of fused-ring (bicyclic) bond motifs is 1. The molecule has 6 nitrogen and oxygen atoms in total. The highest BCUT2D eigenvalue weighted by Gasteiger charge is 2.36. The molecule has 2 heterocycles. The summed E-state index contributed by atoms with van der Waals surface area (Å²) in [5, 5.41) is 13.3. The van der Waals surface area contributed by atoms with Gasteiger partial charge in [-0.15, -0.1) is 0 Å². The molecule has 1 aliphatic heterocycles. The van der Waals surface area contributed by atoms with E-state index >= 15 is 0 Å². The van der Waals surface area contributed by atoms with Crippen LogP contribution in [0.1, 0.15) is 37.7 Å². The van der Waals surface area contributed by atoms with Crippen LogP contribution in [0.25, 0.3) is 10.9 Å². The number of carbonyl (C=O) groups is 2. The molecule has 1 saturated heterocycles. The van der Waals surface area contributed by atoms with E-state index in [0.29, 0.717) is 37.4 Å². The zero-order chi connectivity index (χ0) is 18.5. The standard InChI is InChI=1S/C19H24ClN3O3/c20-15-12-21-16-6-5-13(10-14(15)16)11-22-19(26)17-7-8-23(17)18(25)4-2-1-3-9-24/h5-6,10,12,17,21,24H,1-4,7-9,11H2,(H,22,26). The maximum Gasteiger partial charge on any atom is 0.243 e. The number of amides is 2. The normalized spacial score (nSPS) is 16.5. The zero-order valence-corrected chi connectivity index (χ0v) is 15.4. The van der Waals surface area contributed by atoms with Gasteiger partial charge in [-0.05, 0) is 37.0 Å². The monoisotopic (exact) mass is 377 g/mol. The summed E-state index contributed by atoms with van der Waals surface area (Å²) in [6.45, 7) is 1.20. The van der Waals surface area contributed by atoms with Gasteiger partial charge in [-0.3, -0.25) is 9.59 Å². The molecule has 3 N–H and O–H groups in total. The maximum absolute atomic E-state index is 12.4. The number of hydrogen-bond acceptors (Lipinski definition) is 3. The Balaban J connectivity index is 1.49. The highest BCUT2D eigenvalue weighted by Crippen LogP contribution is 2.24. The predicted octanol–water partition coefficient (Wildman–Crippen LogP) is 2.59.